The monoisotopic (exact) mass is 408 g/mol. The second-order valence-electron chi connectivity index (χ2n) is 9.14. The van der Waals surface area contributed by atoms with Crippen LogP contribution in [0.5, 0.6) is 0 Å². The molecule has 1 fully saturated rings. The molecule has 4 aromatic rings. The average molecular weight is 409 g/mol. The third kappa shape index (κ3) is 3.63. The van der Waals surface area contributed by atoms with E-state index in [1.165, 1.54) is 64.4 Å². The number of benzene rings is 2. The van der Waals surface area contributed by atoms with Crippen LogP contribution in [0.25, 0.3) is 33.3 Å². The molecule has 1 aliphatic carbocycles. The maximum absolute atomic E-state index is 4.77. The summed E-state index contributed by atoms with van der Waals surface area (Å²) in [6.07, 6.45) is 11.2. The fourth-order valence-electron chi connectivity index (χ4n) is 5.07. The van der Waals surface area contributed by atoms with Crippen molar-refractivity contribution in [2.45, 2.75) is 52.4 Å². The van der Waals surface area contributed by atoms with E-state index in [0.717, 1.165) is 17.0 Å². The van der Waals surface area contributed by atoms with Crippen molar-refractivity contribution in [3.05, 3.63) is 77.4 Å². The molecule has 0 saturated heterocycles. The van der Waals surface area contributed by atoms with Gasteiger partial charge in [-0.15, -0.1) is 0 Å². The van der Waals surface area contributed by atoms with Gasteiger partial charge in [-0.3, -0.25) is 9.97 Å². The summed E-state index contributed by atoms with van der Waals surface area (Å²) in [5.41, 5.74) is 9.75. The Bertz CT molecular complexity index is 1270. The van der Waals surface area contributed by atoms with E-state index in [4.69, 9.17) is 9.97 Å². The SMILES string of the molecule is Cc1cc(C)c(C)c(-c2c3ccc(-c4cnc(C5CCCC5)cn4)cc3cc[n+]2C)c1. The molecule has 0 amide bonds. The van der Waals surface area contributed by atoms with E-state index in [2.05, 4.69) is 75.0 Å². The average Bonchev–Trinajstić information content (AvgIpc) is 3.31. The fourth-order valence-corrected chi connectivity index (χ4v) is 5.07. The van der Waals surface area contributed by atoms with Crippen LogP contribution in [0, 0.1) is 20.8 Å². The predicted octanol–water partition coefficient (Wildman–Crippen LogP) is 6.37. The highest BCUT2D eigenvalue weighted by molar-refractivity contribution is 5.96. The lowest BCUT2D eigenvalue weighted by Gasteiger charge is -2.12. The number of aromatic nitrogens is 3. The number of hydrogen-bond donors (Lipinski definition) is 0. The number of pyridine rings is 1. The minimum Gasteiger partial charge on any atom is -0.257 e. The highest BCUT2D eigenvalue weighted by Gasteiger charge is 2.20. The molecule has 0 N–H and O–H groups in total. The Morgan fingerprint density at radius 1 is 0.903 bits per heavy atom. The maximum Gasteiger partial charge on any atom is 0.220 e. The molecule has 0 spiro atoms. The molecule has 0 unspecified atom stereocenters. The van der Waals surface area contributed by atoms with Crippen LogP contribution in [0.3, 0.4) is 0 Å². The quantitative estimate of drug-likeness (QED) is 0.369. The highest BCUT2D eigenvalue weighted by atomic mass is 14.9. The lowest BCUT2D eigenvalue weighted by atomic mass is 9.94. The molecule has 2 aromatic carbocycles. The molecular weight excluding hydrogens is 378 g/mol. The number of fused-ring (bicyclic) bond motifs is 1. The summed E-state index contributed by atoms with van der Waals surface area (Å²) in [6, 6.07) is 13.4. The molecule has 2 aromatic heterocycles. The van der Waals surface area contributed by atoms with Gasteiger partial charge in [0.25, 0.3) is 0 Å². The molecule has 156 valence electrons. The van der Waals surface area contributed by atoms with Crippen molar-refractivity contribution in [3.63, 3.8) is 0 Å². The van der Waals surface area contributed by atoms with E-state index in [0.29, 0.717) is 5.92 Å². The van der Waals surface area contributed by atoms with Crippen LogP contribution >= 0.6 is 0 Å². The van der Waals surface area contributed by atoms with Crippen LogP contribution in [-0.2, 0) is 7.05 Å². The summed E-state index contributed by atoms with van der Waals surface area (Å²) in [6.45, 7) is 6.59. The van der Waals surface area contributed by atoms with Gasteiger partial charge in [0, 0.05) is 23.7 Å². The van der Waals surface area contributed by atoms with Crippen molar-refractivity contribution in [2.75, 3.05) is 0 Å². The Balaban J connectivity index is 1.58. The zero-order valence-corrected chi connectivity index (χ0v) is 18.9. The summed E-state index contributed by atoms with van der Waals surface area (Å²) < 4.78 is 2.24. The topological polar surface area (TPSA) is 29.7 Å². The van der Waals surface area contributed by atoms with E-state index in [1.807, 2.05) is 12.4 Å². The van der Waals surface area contributed by atoms with Crippen molar-refractivity contribution in [1.29, 1.82) is 0 Å². The third-order valence-electron chi connectivity index (χ3n) is 6.94. The van der Waals surface area contributed by atoms with Gasteiger partial charge in [0.1, 0.15) is 7.05 Å². The number of aryl methyl sites for hydroxylation is 3. The molecule has 0 radical (unpaired) electrons. The van der Waals surface area contributed by atoms with Gasteiger partial charge in [0.05, 0.1) is 28.5 Å². The lowest BCUT2D eigenvalue weighted by molar-refractivity contribution is -0.659. The van der Waals surface area contributed by atoms with Gasteiger partial charge in [-0.1, -0.05) is 30.5 Å². The van der Waals surface area contributed by atoms with E-state index in [9.17, 15) is 0 Å². The summed E-state index contributed by atoms with van der Waals surface area (Å²) >= 11 is 0. The normalized spacial score (nSPS) is 14.5. The van der Waals surface area contributed by atoms with Crippen LogP contribution < -0.4 is 4.57 Å². The van der Waals surface area contributed by atoms with E-state index in [-0.39, 0.29) is 0 Å². The van der Waals surface area contributed by atoms with Crippen LogP contribution in [-0.4, -0.2) is 9.97 Å². The zero-order valence-electron chi connectivity index (χ0n) is 18.9. The number of nitrogens with zero attached hydrogens (tertiary/aromatic N) is 3. The fraction of sp³-hybridized carbons (Fsp3) is 0.321. The Morgan fingerprint density at radius 3 is 2.45 bits per heavy atom. The first-order valence-corrected chi connectivity index (χ1v) is 11.3. The van der Waals surface area contributed by atoms with Gasteiger partial charge < -0.3 is 0 Å². The van der Waals surface area contributed by atoms with Gasteiger partial charge in [-0.05, 0) is 68.3 Å². The molecule has 3 heteroatoms. The van der Waals surface area contributed by atoms with Crippen LogP contribution in [0.4, 0.5) is 0 Å². The van der Waals surface area contributed by atoms with E-state index in [1.54, 1.807) is 0 Å². The van der Waals surface area contributed by atoms with Gasteiger partial charge in [0.15, 0.2) is 6.20 Å². The second-order valence-corrected chi connectivity index (χ2v) is 9.14. The predicted molar refractivity (Wildman–Crippen MR) is 127 cm³/mol. The van der Waals surface area contributed by atoms with Gasteiger partial charge in [-0.2, -0.15) is 0 Å². The third-order valence-corrected chi connectivity index (χ3v) is 6.94. The highest BCUT2D eigenvalue weighted by Crippen LogP contribution is 2.34. The zero-order chi connectivity index (χ0) is 21.5. The van der Waals surface area contributed by atoms with Crippen LogP contribution in [0.1, 0.15) is 54.0 Å². The first kappa shape index (κ1) is 19.9. The molecule has 0 atom stereocenters. The second kappa shape index (κ2) is 7.88. The molecule has 5 rings (SSSR count). The largest absolute Gasteiger partial charge is 0.257 e. The minimum atomic E-state index is 0.599. The molecule has 2 heterocycles. The Hall–Kier alpha value is -3.07. The van der Waals surface area contributed by atoms with E-state index < -0.39 is 0 Å². The standard InChI is InChI=1S/C28H30N3/c1-18-13-19(2)20(3)25(14-18)28-24-10-9-23(15-22(24)11-12-31(28)4)27-17-29-26(16-30-27)21-7-5-6-8-21/h9-17,21H,5-8H2,1-4H3/q+1. The first-order chi connectivity index (χ1) is 15.0. The summed E-state index contributed by atoms with van der Waals surface area (Å²) in [5, 5.41) is 2.49. The van der Waals surface area contributed by atoms with Crippen molar-refractivity contribution in [3.8, 4) is 22.5 Å². The van der Waals surface area contributed by atoms with Gasteiger partial charge in [-0.25, -0.2) is 4.57 Å². The van der Waals surface area contributed by atoms with Gasteiger partial charge >= 0.3 is 0 Å². The Kier molecular flexibility index (Phi) is 5.05. The van der Waals surface area contributed by atoms with Crippen molar-refractivity contribution in [2.24, 2.45) is 7.05 Å². The van der Waals surface area contributed by atoms with Crippen molar-refractivity contribution >= 4 is 10.8 Å². The van der Waals surface area contributed by atoms with E-state index >= 15 is 0 Å². The Morgan fingerprint density at radius 2 is 1.71 bits per heavy atom. The summed E-state index contributed by atoms with van der Waals surface area (Å²) in [5.74, 6) is 0.599. The summed E-state index contributed by atoms with van der Waals surface area (Å²) in [4.78, 5) is 9.53. The number of rotatable bonds is 3. The van der Waals surface area contributed by atoms with Gasteiger partial charge in [0.2, 0.25) is 5.69 Å². The molecule has 1 aliphatic rings. The van der Waals surface area contributed by atoms with Crippen LogP contribution in [0.15, 0.2) is 55.0 Å². The lowest BCUT2D eigenvalue weighted by Crippen LogP contribution is -2.30. The van der Waals surface area contributed by atoms with Crippen molar-refractivity contribution < 1.29 is 4.57 Å². The van der Waals surface area contributed by atoms with Crippen molar-refractivity contribution in [1.82, 2.24) is 9.97 Å². The summed E-state index contributed by atoms with van der Waals surface area (Å²) in [7, 11) is 2.13. The molecule has 3 nitrogen and oxygen atoms in total. The number of hydrogen-bond acceptors (Lipinski definition) is 2. The molecule has 0 bridgehead atoms. The molecule has 1 saturated carbocycles. The smallest absolute Gasteiger partial charge is 0.220 e. The van der Waals surface area contributed by atoms with Crippen LogP contribution in [0.2, 0.25) is 0 Å². The molecule has 0 aliphatic heterocycles. The first-order valence-electron chi connectivity index (χ1n) is 11.3. The molecule has 31 heavy (non-hydrogen) atoms. The maximum atomic E-state index is 4.77. The minimum absolute atomic E-state index is 0.599. The molecular formula is C28H30N3+. The Labute approximate surface area is 184 Å².